The highest BCUT2D eigenvalue weighted by atomic mass is 19.4. The lowest BCUT2D eigenvalue weighted by Crippen LogP contribution is -2.53. The SMILES string of the molecule is O=C(c1ccc(-c2ccc(OCC3CCN(CC4(C(F)(F)F)CCC4)CC3)nc2)c(F)c1)N1CCCC1CO. The Morgan fingerprint density at radius 3 is 2.44 bits per heavy atom. The van der Waals surface area contributed by atoms with Crippen molar-refractivity contribution in [2.24, 2.45) is 11.3 Å². The van der Waals surface area contributed by atoms with E-state index < -0.39 is 17.4 Å². The van der Waals surface area contributed by atoms with Crippen LogP contribution in [0.4, 0.5) is 17.6 Å². The zero-order valence-electron chi connectivity index (χ0n) is 21.9. The van der Waals surface area contributed by atoms with Crippen molar-refractivity contribution in [3.63, 3.8) is 0 Å². The van der Waals surface area contributed by atoms with E-state index >= 15 is 0 Å². The third-order valence-electron chi connectivity index (χ3n) is 8.72. The van der Waals surface area contributed by atoms with Gasteiger partial charge in [-0.1, -0.05) is 12.5 Å². The molecule has 1 amide bonds. The van der Waals surface area contributed by atoms with Crippen molar-refractivity contribution < 1.29 is 32.2 Å². The van der Waals surface area contributed by atoms with Crippen LogP contribution in [0.25, 0.3) is 11.1 Å². The van der Waals surface area contributed by atoms with Crippen LogP contribution in [0.5, 0.6) is 5.88 Å². The summed E-state index contributed by atoms with van der Waals surface area (Å²) >= 11 is 0. The molecule has 0 spiro atoms. The second kappa shape index (κ2) is 11.4. The fourth-order valence-electron chi connectivity index (χ4n) is 6.04. The molecule has 212 valence electrons. The maximum Gasteiger partial charge on any atom is 0.395 e. The van der Waals surface area contributed by atoms with Crippen LogP contribution >= 0.6 is 0 Å². The zero-order chi connectivity index (χ0) is 27.6. The molecule has 2 saturated heterocycles. The number of carbonyl (C=O) groups excluding carboxylic acids is 1. The maximum absolute atomic E-state index is 14.9. The number of ether oxygens (including phenoxy) is 1. The van der Waals surface area contributed by atoms with E-state index in [4.69, 9.17) is 4.74 Å². The predicted molar refractivity (Wildman–Crippen MR) is 138 cm³/mol. The number of pyridine rings is 1. The van der Waals surface area contributed by atoms with Crippen LogP contribution in [0.1, 0.15) is 55.3 Å². The molecule has 0 radical (unpaired) electrons. The predicted octanol–water partition coefficient (Wildman–Crippen LogP) is 5.31. The number of rotatable bonds is 8. The monoisotopic (exact) mass is 549 g/mol. The largest absolute Gasteiger partial charge is 0.477 e. The van der Waals surface area contributed by atoms with Gasteiger partial charge in [-0.3, -0.25) is 4.79 Å². The van der Waals surface area contributed by atoms with Gasteiger partial charge in [0.25, 0.3) is 5.91 Å². The third kappa shape index (κ3) is 5.91. The number of amides is 1. The van der Waals surface area contributed by atoms with Crippen molar-refractivity contribution in [1.29, 1.82) is 0 Å². The lowest BCUT2D eigenvalue weighted by atomic mass is 9.67. The van der Waals surface area contributed by atoms with E-state index in [0.717, 1.165) is 25.7 Å². The number of aliphatic hydroxyl groups excluding tert-OH is 1. The molecule has 2 aromatic rings. The number of alkyl halides is 3. The number of aromatic nitrogens is 1. The number of carbonyl (C=O) groups is 1. The Balaban J connectivity index is 1.12. The van der Waals surface area contributed by atoms with E-state index in [1.54, 1.807) is 29.2 Å². The highest BCUT2D eigenvalue weighted by molar-refractivity contribution is 5.95. The topological polar surface area (TPSA) is 65.9 Å². The normalized spacial score (nSPS) is 22.1. The fraction of sp³-hybridized carbons (Fsp3) is 0.586. The molecule has 1 N–H and O–H groups in total. The Kier molecular flexibility index (Phi) is 8.14. The van der Waals surface area contributed by atoms with Crippen LogP contribution < -0.4 is 4.74 Å². The van der Waals surface area contributed by atoms with Gasteiger partial charge in [0.05, 0.1) is 24.7 Å². The minimum atomic E-state index is -4.14. The first kappa shape index (κ1) is 27.8. The maximum atomic E-state index is 14.9. The summed E-state index contributed by atoms with van der Waals surface area (Å²) in [7, 11) is 0. The van der Waals surface area contributed by atoms with Gasteiger partial charge in [0.1, 0.15) is 5.82 Å². The number of aliphatic hydroxyl groups is 1. The first-order valence-corrected chi connectivity index (χ1v) is 13.8. The summed E-state index contributed by atoms with van der Waals surface area (Å²) in [5, 5.41) is 9.48. The Bertz CT molecular complexity index is 1150. The van der Waals surface area contributed by atoms with Crippen molar-refractivity contribution >= 4 is 5.91 Å². The molecule has 1 aromatic carbocycles. The standard InChI is InChI=1S/C29H35F4N3O3/c30-25-15-21(27(38)36-12-1-3-23(36)17-37)4-6-24(25)22-5-7-26(34-16-22)39-18-20-8-13-35(14-9-20)19-28(10-2-11-28)29(31,32)33/h4-7,15-16,20,23,37H,1-3,8-14,17-19H2. The average Bonchev–Trinajstić information content (AvgIpc) is 3.38. The van der Waals surface area contributed by atoms with Gasteiger partial charge in [-0.25, -0.2) is 9.37 Å². The van der Waals surface area contributed by atoms with E-state index in [1.165, 1.54) is 12.3 Å². The van der Waals surface area contributed by atoms with Crippen molar-refractivity contribution in [2.45, 2.75) is 57.2 Å². The molecule has 39 heavy (non-hydrogen) atoms. The smallest absolute Gasteiger partial charge is 0.395 e. The van der Waals surface area contributed by atoms with Crippen LogP contribution in [0, 0.1) is 17.2 Å². The molecule has 0 bridgehead atoms. The van der Waals surface area contributed by atoms with Gasteiger partial charge >= 0.3 is 6.18 Å². The summed E-state index contributed by atoms with van der Waals surface area (Å²) in [5.41, 5.74) is -0.400. The minimum absolute atomic E-state index is 0.0974. The molecule has 1 aliphatic carbocycles. The van der Waals surface area contributed by atoms with E-state index in [2.05, 4.69) is 4.98 Å². The van der Waals surface area contributed by atoms with Crippen molar-refractivity contribution in [3.8, 4) is 17.0 Å². The number of benzene rings is 1. The molecule has 6 nitrogen and oxygen atoms in total. The summed E-state index contributed by atoms with van der Waals surface area (Å²) in [4.78, 5) is 20.6. The summed E-state index contributed by atoms with van der Waals surface area (Å²) in [6.45, 7) is 2.25. The third-order valence-corrected chi connectivity index (χ3v) is 8.72. The van der Waals surface area contributed by atoms with E-state index in [0.29, 0.717) is 49.7 Å². The van der Waals surface area contributed by atoms with Crippen LogP contribution in [-0.2, 0) is 0 Å². The molecule has 3 aliphatic rings. The molecular weight excluding hydrogens is 514 g/mol. The van der Waals surface area contributed by atoms with Crippen molar-refractivity contribution in [3.05, 3.63) is 47.9 Å². The van der Waals surface area contributed by atoms with Crippen molar-refractivity contribution in [1.82, 2.24) is 14.8 Å². The number of nitrogens with zero attached hydrogens (tertiary/aromatic N) is 3. The molecule has 5 rings (SSSR count). The van der Waals surface area contributed by atoms with Gasteiger partial charge in [0, 0.05) is 42.0 Å². The van der Waals surface area contributed by atoms with Gasteiger partial charge in [-0.2, -0.15) is 13.2 Å². The Hall–Kier alpha value is -2.72. The summed E-state index contributed by atoms with van der Waals surface area (Å²) < 4.78 is 61.2. The molecule has 1 saturated carbocycles. The Labute approximate surface area is 226 Å². The van der Waals surface area contributed by atoms with Gasteiger partial charge < -0.3 is 19.6 Å². The van der Waals surface area contributed by atoms with Gasteiger partial charge in [0.2, 0.25) is 5.88 Å². The highest BCUT2D eigenvalue weighted by Crippen LogP contribution is 2.53. The second-order valence-electron chi connectivity index (χ2n) is 11.2. The Morgan fingerprint density at radius 2 is 1.85 bits per heavy atom. The number of hydrogen-bond donors (Lipinski definition) is 1. The van der Waals surface area contributed by atoms with Gasteiger partial charge in [-0.05, 0) is 75.7 Å². The highest BCUT2D eigenvalue weighted by Gasteiger charge is 2.58. The molecular formula is C29H35F4N3O3. The number of likely N-dealkylation sites (tertiary alicyclic amines) is 2. The first-order valence-electron chi connectivity index (χ1n) is 13.8. The summed E-state index contributed by atoms with van der Waals surface area (Å²) in [6, 6.07) is 7.53. The number of hydrogen-bond acceptors (Lipinski definition) is 5. The molecule has 10 heteroatoms. The zero-order valence-corrected chi connectivity index (χ0v) is 21.9. The quantitative estimate of drug-likeness (QED) is 0.453. The lowest BCUT2D eigenvalue weighted by molar-refractivity contribution is -0.256. The molecule has 1 aromatic heterocycles. The fourth-order valence-corrected chi connectivity index (χ4v) is 6.04. The van der Waals surface area contributed by atoms with Crippen LogP contribution in [0.3, 0.4) is 0 Å². The number of halogens is 4. The summed E-state index contributed by atoms with van der Waals surface area (Å²) in [5.74, 6) is -0.165. The first-order chi connectivity index (χ1) is 18.7. The average molecular weight is 550 g/mol. The number of piperidine rings is 1. The Morgan fingerprint density at radius 1 is 1.08 bits per heavy atom. The van der Waals surface area contributed by atoms with Crippen LogP contribution in [0.15, 0.2) is 36.5 Å². The van der Waals surface area contributed by atoms with Gasteiger partial charge in [0.15, 0.2) is 0 Å². The van der Waals surface area contributed by atoms with Gasteiger partial charge in [-0.15, -0.1) is 0 Å². The molecule has 3 fully saturated rings. The molecule has 1 unspecified atom stereocenters. The van der Waals surface area contributed by atoms with E-state index in [-0.39, 0.29) is 49.4 Å². The molecule has 1 atom stereocenters. The van der Waals surface area contributed by atoms with Crippen LogP contribution in [-0.4, -0.2) is 77.4 Å². The van der Waals surface area contributed by atoms with E-state index in [9.17, 15) is 27.5 Å². The minimum Gasteiger partial charge on any atom is -0.477 e. The van der Waals surface area contributed by atoms with Crippen molar-refractivity contribution in [2.75, 3.05) is 39.4 Å². The molecule has 3 heterocycles. The van der Waals surface area contributed by atoms with E-state index in [1.807, 2.05) is 4.90 Å². The van der Waals surface area contributed by atoms with Crippen LogP contribution in [0.2, 0.25) is 0 Å². The molecule has 2 aliphatic heterocycles. The lowest BCUT2D eigenvalue weighted by Gasteiger charge is -2.47. The summed E-state index contributed by atoms with van der Waals surface area (Å²) in [6.07, 6.45) is 1.62. The second-order valence-corrected chi connectivity index (χ2v) is 11.2.